The summed E-state index contributed by atoms with van der Waals surface area (Å²) in [4.78, 5) is 10.4. The molecule has 0 aliphatic heterocycles. The van der Waals surface area contributed by atoms with Gasteiger partial charge in [-0.3, -0.25) is 10.1 Å². The Kier molecular flexibility index (Phi) is 4.39. The van der Waals surface area contributed by atoms with Crippen LogP contribution in [-0.2, 0) is 0 Å². The van der Waals surface area contributed by atoms with Crippen molar-refractivity contribution >= 4 is 5.69 Å². The van der Waals surface area contributed by atoms with Gasteiger partial charge in [-0.05, 0) is 19.1 Å². The monoisotopic (exact) mass is 288 g/mol. The highest BCUT2D eigenvalue weighted by Crippen LogP contribution is 2.36. The van der Waals surface area contributed by atoms with Crippen molar-refractivity contribution < 1.29 is 14.4 Å². The number of methoxy groups -OCH3 is 1. The summed E-state index contributed by atoms with van der Waals surface area (Å²) in [5.74, 6) is 1.24. The van der Waals surface area contributed by atoms with E-state index in [-0.39, 0.29) is 17.5 Å². The van der Waals surface area contributed by atoms with Crippen LogP contribution in [0, 0.1) is 10.1 Å². The van der Waals surface area contributed by atoms with E-state index in [1.165, 1.54) is 25.3 Å². The summed E-state index contributed by atoms with van der Waals surface area (Å²) in [6.45, 7) is 1.84. The molecule has 2 aromatic rings. The number of rotatable bonds is 5. The van der Waals surface area contributed by atoms with Crippen molar-refractivity contribution in [2.75, 3.05) is 7.11 Å². The zero-order chi connectivity index (χ0) is 15.4. The third kappa shape index (κ3) is 3.29. The van der Waals surface area contributed by atoms with Gasteiger partial charge >= 0.3 is 0 Å². The Balaban J connectivity index is 2.43. The summed E-state index contributed by atoms with van der Waals surface area (Å²) < 4.78 is 10.9. The zero-order valence-electron chi connectivity index (χ0n) is 11.8. The van der Waals surface area contributed by atoms with E-state index in [4.69, 9.17) is 15.2 Å². The molecule has 0 aliphatic carbocycles. The second-order valence-corrected chi connectivity index (χ2v) is 4.52. The molecule has 0 aliphatic rings. The number of nitrogens with two attached hydrogens (primary N) is 1. The average Bonchev–Trinajstić information content (AvgIpc) is 2.47. The maximum absolute atomic E-state index is 10.9. The van der Waals surface area contributed by atoms with Crippen LogP contribution in [0.25, 0.3) is 0 Å². The Morgan fingerprint density at radius 3 is 2.48 bits per heavy atom. The van der Waals surface area contributed by atoms with Crippen molar-refractivity contribution in [1.82, 2.24) is 0 Å². The van der Waals surface area contributed by atoms with Crippen LogP contribution in [-0.4, -0.2) is 12.0 Å². The standard InChI is InChI=1S/C15H16N2O4/c1-10(16)12-5-3-4-6-13(12)21-15-9-11(17(18)19)7-8-14(15)20-2/h3-10H,16H2,1-2H3/t10-/m1/s1. The summed E-state index contributed by atoms with van der Waals surface area (Å²) in [5.41, 5.74) is 6.64. The van der Waals surface area contributed by atoms with E-state index in [9.17, 15) is 10.1 Å². The lowest BCUT2D eigenvalue weighted by Gasteiger charge is -2.15. The van der Waals surface area contributed by atoms with E-state index >= 15 is 0 Å². The first-order chi connectivity index (χ1) is 10.0. The Morgan fingerprint density at radius 2 is 1.86 bits per heavy atom. The molecule has 0 fully saturated rings. The largest absolute Gasteiger partial charge is 0.493 e. The number of nitro benzene ring substituents is 1. The number of para-hydroxylation sites is 1. The molecular weight excluding hydrogens is 272 g/mol. The second kappa shape index (κ2) is 6.23. The normalized spacial score (nSPS) is 11.8. The molecule has 0 spiro atoms. The molecule has 0 saturated heterocycles. The van der Waals surface area contributed by atoms with Gasteiger partial charge in [0.05, 0.1) is 18.1 Å². The fourth-order valence-electron chi connectivity index (χ4n) is 1.93. The molecule has 0 unspecified atom stereocenters. The van der Waals surface area contributed by atoms with Crippen LogP contribution in [0.2, 0.25) is 0 Å². The molecule has 6 heteroatoms. The smallest absolute Gasteiger partial charge is 0.273 e. The van der Waals surface area contributed by atoms with Crippen LogP contribution in [0.1, 0.15) is 18.5 Å². The van der Waals surface area contributed by atoms with Crippen LogP contribution in [0.3, 0.4) is 0 Å². The van der Waals surface area contributed by atoms with Gasteiger partial charge in [0.25, 0.3) is 5.69 Å². The van der Waals surface area contributed by atoms with Gasteiger partial charge in [0.1, 0.15) is 5.75 Å². The molecule has 110 valence electrons. The zero-order valence-corrected chi connectivity index (χ0v) is 11.8. The maximum atomic E-state index is 10.9. The molecule has 21 heavy (non-hydrogen) atoms. The van der Waals surface area contributed by atoms with E-state index in [1.54, 1.807) is 6.07 Å². The third-order valence-corrected chi connectivity index (χ3v) is 2.99. The Hall–Kier alpha value is -2.60. The first-order valence-corrected chi connectivity index (χ1v) is 6.37. The maximum Gasteiger partial charge on any atom is 0.273 e. The predicted molar refractivity (Wildman–Crippen MR) is 78.8 cm³/mol. The van der Waals surface area contributed by atoms with E-state index < -0.39 is 4.92 Å². The molecule has 0 amide bonds. The minimum Gasteiger partial charge on any atom is -0.493 e. The van der Waals surface area contributed by atoms with Gasteiger partial charge in [0, 0.05) is 17.7 Å². The number of non-ortho nitro benzene ring substituents is 1. The van der Waals surface area contributed by atoms with Crippen molar-refractivity contribution in [1.29, 1.82) is 0 Å². The summed E-state index contributed by atoms with van der Waals surface area (Å²) in [5, 5.41) is 10.9. The summed E-state index contributed by atoms with van der Waals surface area (Å²) in [6, 6.07) is 11.3. The molecule has 0 radical (unpaired) electrons. The minimum absolute atomic E-state index is 0.0657. The van der Waals surface area contributed by atoms with Crippen molar-refractivity contribution in [2.24, 2.45) is 5.73 Å². The van der Waals surface area contributed by atoms with Crippen LogP contribution < -0.4 is 15.2 Å². The Bertz CT molecular complexity index is 656. The molecule has 2 aromatic carbocycles. The minimum atomic E-state index is -0.482. The molecule has 1 atom stereocenters. The quantitative estimate of drug-likeness (QED) is 0.672. The molecule has 0 aromatic heterocycles. The van der Waals surface area contributed by atoms with E-state index in [0.29, 0.717) is 11.5 Å². The van der Waals surface area contributed by atoms with Gasteiger partial charge in [0.2, 0.25) is 0 Å². The topological polar surface area (TPSA) is 87.6 Å². The molecule has 2 N–H and O–H groups in total. The number of nitro groups is 1. The summed E-state index contributed by atoms with van der Waals surface area (Å²) in [7, 11) is 1.48. The van der Waals surface area contributed by atoms with Crippen LogP contribution >= 0.6 is 0 Å². The number of hydrogen-bond donors (Lipinski definition) is 1. The van der Waals surface area contributed by atoms with Gasteiger partial charge in [-0.15, -0.1) is 0 Å². The van der Waals surface area contributed by atoms with Crippen molar-refractivity contribution in [3.63, 3.8) is 0 Å². The lowest BCUT2D eigenvalue weighted by atomic mass is 10.1. The van der Waals surface area contributed by atoms with Gasteiger partial charge in [-0.25, -0.2) is 0 Å². The van der Waals surface area contributed by atoms with Gasteiger partial charge < -0.3 is 15.2 Å². The van der Waals surface area contributed by atoms with Crippen molar-refractivity contribution in [3.05, 3.63) is 58.1 Å². The van der Waals surface area contributed by atoms with E-state index in [0.717, 1.165) is 5.56 Å². The predicted octanol–water partition coefficient (Wildman–Crippen LogP) is 3.42. The van der Waals surface area contributed by atoms with Gasteiger partial charge in [-0.1, -0.05) is 18.2 Å². The van der Waals surface area contributed by atoms with Crippen molar-refractivity contribution in [2.45, 2.75) is 13.0 Å². The molecular formula is C15H16N2O4. The average molecular weight is 288 g/mol. The SMILES string of the molecule is COc1ccc([N+](=O)[O-])cc1Oc1ccccc1[C@@H](C)N. The van der Waals surface area contributed by atoms with Gasteiger partial charge in [-0.2, -0.15) is 0 Å². The second-order valence-electron chi connectivity index (χ2n) is 4.52. The highest BCUT2D eigenvalue weighted by Gasteiger charge is 2.15. The van der Waals surface area contributed by atoms with Crippen LogP contribution in [0.5, 0.6) is 17.2 Å². The Morgan fingerprint density at radius 1 is 1.14 bits per heavy atom. The third-order valence-electron chi connectivity index (χ3n) is 2.99. The summed E-state index contributed by atoms with van der Waals surface area (Å²) in [6.07, 6.45) is 0. The molecule has 0 heterocycles. The molecule has 0 saturated carbocycles. The fourth-order valence-corrected chi connectivity index (χ4v) is 1.93. The fraction of sp³-hybridized carbons (Fsp3) is 0.200. The molecule has 2 rings (SSSR count). The van der Waals surface area contributed by atoms with Crippen LogP contribution in [0.15, 0.2) is 42.5 Å². The molecule has 6 nitrogen and oxygen atoms in total. The first-order valence-electron chi connectivity index (χ1n) is 6.37. The number of hydrogen-bond acceptors (Lipinski definition) is 5. The first kappa shape index (κ1) is 14.8. The van der Waals surface area contributed by atoms with Crippen LogP contribution in [0.4, 0.5) is 5.69 Å². The Labute approximate surface area is 122 Å². The highest BCUT2D eigenvalue weighted by atomic mass is 16.6. The van der Waals surface area contributed by atoms with Gasteiger partial charge in [0.15, 0.2) is 11.5 Å². The van der Waals surface area contributed by atoms with Crippen molar-refractivity contribution in [3.8, 4) is 17.2 Å². The number of nitrogens with zero attached hydrogens (tertiary/aromatic N) is 1. The van der Waals surface area contributed by atoms with E-state index in [2.05, 4.69) is 0 Å². The summed E-state index contributed by atoms with van der Waals surface area (Å²) >= 11 is 0. The number of ether oxygens (including phenoxy) is 2. The molecule has 0 bridgehead atoms. The highest BCUT2D eigenvalue weighted by molar-refractivity contribution is 5.51. The lowest BCUT2D eigenvalue weighted by Crippen LogP contribution is -2.06. The van der Waals surface area contributed by atoms with E-state index in [1.807, 2.05) is 25.1 Å². The number of benzene rings is 2. The lowest BCUT2D eigenvalue weighted by molar-refractivity contribution is -0.384.